The topological polar surface area (TPSA) is 44.5 Å². The van der Waals surface area contributed by atoms with Crippen LogP contribution >= 0.6 is 0 Å². The Kier molecular flexibility index (Phi) is 2.83. The number of rotatable bonds is 2. The highest BCUT2D eigenvalue weighted by Crippen LogP contribution is 2.49. The summed E-state index contributed by atoms with van der Waals surface area (Å²) in [7, 11) is 0. The molecule has 98 valence electrons. The lowest BCUT2D eigenvalue weighted by Gasteiger charge is -2.51. The summed E-state index contributed by atoms with van der Waals surface area (Å²) in [5.41, 5.74) is 8.62. The standard InChI is InChI=1S/C15H21NO2/c1-3-17-11-7-15(8-11)9-13(16)12-6-10(2)4-5-14(12)18-15/h4-6,11,13H,3,7-9,16H2,1-2H3. The largest absolute Gasteiger partial charge is 0.487 e. The number of benzene rings is 1. The van der Waals surface area contributed by atoms with Gasteiger partial charge in [-0.3, -0.25) is 0 Å². The second-order valence-electron chi connectivity index (χ2n) is 5.62. The first-order valence-electron chi connectivity index (χ1n) is 6.79. The third-order valence-corrected chi connectivity index (χ3v) is 4.08. The fraction of sp³-hybridized carbons (Fsp3) is 0.600. The van der Waals surface area contributed by atoms with Gasteiger partial charge in [0.2, 0.25) is 0 Å². The van der Waals surface area contributed by atoms with E-state index in [2.05, 4.69) is 25.1 Å². The zero-order valence-electron chi connectivity index (χ0n) is 11.1. The molecular weight excluding hydrogens is 226 g/mol. The van der Waals surface area contributed by atoms with E-state index in [0.717, 1.165) is 37.2 Å². The molecule has 2 aliphatic rings. The summed E-state index contributed by atoms with van der Waals surface area (Å²) in [6.45, 7) is 4.91. The second-order valence-corrected chi connectivity index (χ2v) is 5.62. The number of hydrogen-bond donors (Lipinski definition) is 1. The minimum Gasteiger partial charge on any atom is -0.487 e. The molecule has 1 aliphatic carbocycles. The van der Waals surface area contributed by atoms with Gasteiger partial charge in [0.05, 0.1) is 6.10 Å². The smallest absolute Gasteiger partial charge is 0.124 e. The lowest BCUT2D eigenvalue weighted by Crippen LogP contribution is -2.55. The zero-order chi connectivity index (χ0) is 12.8. The van der Waals surface area contributed by atoms with Crippen molar-refractivity contribution in [2.45, 2.75) is 50.9 Å². The van der Waals surface area contributed by atoms with Gasteiger partial charge in [0.15, 0.2) is 0 Å². The van der Waals surface area contributed by atoms with E-state index in [1.165, 1.54) is 5.56 Å². The van der Waals surface area contributed by atoms with E-state index >= 15 is 0 Å². The molecule has 0 bridgehead atoms. The Balaban J connectivity index is 1.79. The van der Waals surface area contributed by atoms with E-state index in [9.17, 15) is 0 Å². The van der Waals surface area contributed by atoms with E-state index in [0.29, 0.717) is 6.10 Å². The van der Waals surface area contributed by atoms with Gasteiger partial charge in [0.1, 0.15) is 11.4 Å². The average molecular weight is 247 g/mol. The lowest BCUT2D eigenvalue weighted by molar-refractivity contribution is -0.134. The first-order chi connectivity index (χ1) is 8.62. The van der Waals surface area contributed by atoms with Crippen LogP contribution in [0.3, 0.4) is 0 Å². The maximum Gasteiger partial charge on any atom is 0.124 e. The fourth-order valence-electron chi connectivity index (χ4n) is 3.21. The van der Waals surface area contributed by atoms with Crippen molar-refractivity contribution in [3.05, 3.63) is 29.3 Å². The molecule has 1 aromatic rings. The molecule has 0 amide bonds. The van der Waals surface area contributed by atoms with Crippen LogP contribution in [0.5, 0.6) is 5.75 Å². The molecule has 1 aromatic carbocycles. The molecule has 1 aliphatic heterocycles. The van der Waals surface area contributed by atoms with Gasteiger partial charge in [0, 0.05) is 37.5 Å². The Morgan fingerprint density at radius 1 is 1.39 bits per heavy atom. The van der Waals surface area contributed by atoms with Gasteiger partial charge in [-0.1, -0.05) is 17.7 Å². The van der Waals surface area contributed by atoms with Crippen molar-refractivity contribution >= 4 is 0 Å². The Labute approximate surface area is 108 Å². The van der Waals surface area contributed by atoms with Crippen LogP contribution in [-0.2, 0) is 4.74 Å². The summed E-state index contributed by atoms with van der Waals surface area (Å²) in [5.74, 6) is 0.967. The number of nitrogens with two attached hydrogens (primary N) is 1. The van der Waals surface area contributed by atoms with Crippen molar-refractivity contribution in [3.63, 3.8) is 0 Å². The van der Waals surface area contributed by atoms with Gasteiger partial charge < -0.3 is 15.2 Å². The van der Waals surface area contributed by atoms with Crippen LogP contribution in [0.15, 0.2) is 18.2 Å². The fourth-order valence-corrected chi connectivity index (χ4v) is 3.21. The van der Waals surface area contributed by atoms with Crippen LogP contribution in [0, 0.1) is 6.92 Å². The minimum atomic E-state index is -0.0679. The summed E-state index contributed by atoms with van der Waals surface area (Å²) in [5, 5.41) is 0. The second kappa shape index (κ2) is 4.25. The molecule has 3 rings (SSSR count). The molecular formula is C15H21NO2. The van der Waals surface area contributed by atoms with Gasteiger partial charge in [-0.25, -0.2) is 0 Å². The van der Waals surface area contributed by atoms with E-state index in [1.54, 1.807) is 0 Å². The van der Waals surface area contributed by atoms with Gasteiger partial charge in [0.25, 0.3) is 0 Å². The summed E-state index contributed by atoms with van der Waals surface area (Å²) in [4.78, 5) is 0. The molecule has 3 heteroatoms. The predicted octanol–water partition coefficient (Wildman–Crippen LogP) is 2.72. The summed E-state index contributed by atoms with van der Waals surface area (Å²) < 4.78 is 11.8. The Morgan fingerprint density at radius 2 is 2.17 bits per heavy atom. The SMILES string of the molecule is CCOC1CC2(C1)CC(N)c1cc(C)ccc1O2. The van der Waals surface area contributed by atoms with Crippen LogP contribution in [0.25, 0.3) is 0 Å². The molecule has 3 nitrogen and oxygen atoms in total. The third-order valence-electron chi connectivity index (χ3n) is 4.08. The van der Waals surface area contributed by atoms with E-state index in [-0.39, 0.29) is 11.6 Å². The number of fused-ring (bicyclic) bond motifs is 1. The first-order valence-corrected chi connectivity index (χ1v) is 6.79. The van der Waals surface area contributed by atoms with Crippen molar-refractivity contribution in [2.24, 2.45) is 5.73 Å². The quantitative estimate of drug-likeness (QED) is 0.874. The Hall–Kier alpha value is -1.06. The summed E-state index contributed by atoms with van der Waals surface area (Å²) >= 11 is 0. The zero-order valence-corrected chi connectivity index (χ0v) is 11.1. The molecule has 1 fully saturated rings. The number of ether oxygens (including phenoxy) is 2. The average Bonchev–Trinajstić information content (AvgIpc) is 2.29. The van der Waals surface area contributed by atoms with Crippen molar-refractivity contribution in [3.8, 4) is 5.75 Å². The van der Waals surface area contributed by atoms with Crippen molar-refractivity contribution in [1.82, 2.24) is 0 Å². The van der Waals surface area contributed by atoms with E-state index in [4.69, 9.17) is 15.2 Å². The third kappa shape index (κ3) is 1.91. The highest BCUT2D eigenvalue weighted by molar-refractivity contribution is 5.42. The van der Waals surface area contributed by atoms with Gasteiger partial charge in [-0.2, -0.15) is 0 Å². The molecule has 1 unspecified atom stereocenters. The molecule has 1 atom stereocenters. The van der Waals surface area contributed by atoms with Crippen molar-refractivity contribution in [2.75, 3.05) is 6.61 Å². The van der Waals surface area contributed by atoms with Crippen LogP contribution in [0.2, 0.25) is 0 Å². The lowest BCUT2D eigenvalue weighted by atomic mass is 9.71. The maximum atomic E-state index is 6.30. The predicted molar refractivity (Wildman–Crippen MR) is 70.7 cm³/mol. The van der Waals surface area contributed by atoms with Crippen LogP contribution in [0.4, 0.5) is 0 Å². The van der Waals surface area contributed by atoms with Crippen LogP contribution in [0.1, 0.15) is 43.4 Å². The van der Waals surface area contributed by atoms with Gasteiger partial charge in [-0.05, 0) is 19.9 Å². The van der Waals surface area contributed by atoms with Crippen LogP contribution < -0.4 is 10.5 Å². The minimum absolute atomic E-state index is 0.0679. The van der Waals surface area contributed by atoms with Gasteiger partial charge in [-0.15, -0.1) is 0 Å². The molecule has 1 saturated carbocycles. The molecule has 0 aromatic heterocycles. The molecule has 0 radical (unpaired) electrons. The van der Waals surface area contributed by atoms with Crippen molar-refractivity contribution in [1.29, 1.82) is 0 Å². The maximum absolute atomic E-state index is 6.30. The summed E-state index contributed by atoms with van der Waals surface area (Å²) in [6.07, 6.45) is 3.21. The number of hydrogen-bond acceptors (Lipinski definition) is 3. The monoisotopic (exact) mass is 247 g/mol. The Bertz CT molecular complexity index is 452. The van der Waals surface area contributed by atoms with E-state index in [1.807, 2.05) is 6.92 Å². The normalized spacial score (nSPS) is 33.7. The van der Waals surface area contributed by atoms with Gasteiger partial charge >= 0.3 is 0 Å². The Morgan fingerprint density at radius 3 is 2.89 bits per heavy atom. The molecule has 18 heavy (non-hydrogen) atoms. The first kappa shape index (κ1) is 12.0. The molecule has 1 heterocycles. The summed E-state index contributed by atoms with van der Waals surface area (Å²) in [6, 6.07) is 6.38. The highest BCUT2D eigenvalue weighted by atomic mass is 16.5. The van der Waals surface area contributed by atoms with Crippen molar-refractivity contribution < 1.29 is 9.47 Å². The molecule has 1 spiro atoms. The number of aryl methyl sites for hydroxylation is 1. The highest BCUT2D eigenvalue weighted by Gasteiger charge is 2.50. The molecule has 0 saturated heterocycles. The molecule has 2 N–H and O–H groups in total. The van der Waals surface area contributed by atoms with Crippen LogP contribution in [-0.4, -0.2) is 18.3 Å². The van der Waals surface area contributed by atoms with E-state index < -0.39 is 0 Å².